The highest BCUT2D eigenvalue weighted by molar-refractivity contribution is 5.98. The smallest absolute Gasteiger partial charge is 0.274 e. The van der Waals surface area contributed by atoms with E-state index in [0.717, 1.165) is 6.20 Å². The van der Waals surface area contributed by atoms with Crippen LogP contribution in [0.5, 0.6) is 5.75 Å². The summed E-state index contributed by atoms with van der Waals surface area (Å²) in [6.07, 6.45) is 2.47. The van der Waals surface area contributed by atoms with Crippen molar-refractivity contribution in [3.8, 4) is 5.75 Å². The van der Waals surface area contributed by atoms with Gasteiger partial charge >= 0.3 is 0 Å². The van der Waals surface area contributed by atoms with Crippen molar-refractivity contribution in [3.05, 3.63) is 62.8 Å². The Balaban J connectivity index is 1.92. The van der Waals surface area contributed by atoms with Crippen molar-refractivity contribution in [3.63, 3.8) is 0 Å². The lowest BCUT2D eigenvalue weighted by Gasteiger charge is -2.24. The van der Waals surface area contributed by atoms with Gasteiger partial charge in [0.05, 0.1) is 0 Å². The number of carbonyl (C=O) groups excluding carboxylic acids is 2. The van der Waals surface area contributed by atoms with E-state index in [1.54, 1.807) is 0 Å². The minimum Gasteiger partial charge on any atom is -0.503 e. The van der Waals surface area contributed by atoms with Gasteiger partial charge in [-0.05, 0) is 12.8 Å². The Bertz CT molecular complexity index is 1030. The van der Waals surface area contributed by atoms with Crippen molar-refractivity contribution in [2.45, 2.75) is 25.9 Å². The lowest BCUT2D eigenvalue weighted by molar-refractivity contribution is 0.0765. The Morgan fingerprint density at radius 3 is 2.41 bits per heavy atom. The van der Waals surface area contributed by atoms with Crippen LogP contribution in [0.25, 0.3) is 0 Å². The first-order valence-corrected chi connectivity index (χ1v) is 8.84. The highest BCUT2D eigenvalue weighted by Gasteiger charge is 2.27. The highest BCUT2D eigenvalue weighted by Crippen LogP contribution is 2.20. The minimum atomic E-state index is -1.19. The molecule has 2 aromatic rings. The van der Waals surface area contributed by atoms with Crippen LogP contribution in [0.15, 0.2) is 23.1 Å². The van der Waals surface area contributed by atoms with E-state index < -0.39 is 58.1 Å². The molecule has 2 N–H and O–H groups in total. The fraction of sp³-hybridized carbons (Fsp3) is 0.316. The molecule has 0 saturated carbocycles. The van der Waals surface area contributed by atoms with Crippen molar-refractivity contribution in [2.24, 2.45) is 0 Å². The van der Waals surface area contributed by atoms with E-state index in [1.165, 1.54) is 16.5 Å². The van der Waals surface area contributed by atoms with E-state index in [9.17, 15) is 32.7 Å². The molecule has 7 nitrogen and oxygen atoms in total. The van der Waals surface area contributed by atoms with Gasteiger partial charge in [0.1, 0.15) is 23.0 Å². The number of hydrogen-bond acceptors (Lipinski definition) is 4. The fourth-order valence-electron chi connectivity index (χ4n) is 3.13. The summed E-state index contributed by atoms with van der Waals surface area (Å²) in [6, 6.07) is 0.942. The molecular weight excluding hydrogens is 391 g/mol. The number of fused-ring (bicyclic) bond motifs is 1. The van der Waals surface area contributed by atoms with Gasteiger partial charge in [0.2, 0.25) is 5.43 Å². The molecule has 1 aliphatic rings. The third kappa shape index (κ3) is 3.96. The van der Waals surface area contributed by atoms with Gasteiger partial charge in [0.15, 0.2) is 11.4 Å². The quantitative estimate of drug-likeness (QED) is 0.808. The first-order valence-electron chi connectivity index (χ1n) is 8.84. The zero-order valence-electron chi connectivity index (χ0n) is 15.5. The molecule has 0 saturated heterocycles. The van der Waals surface area contributed by atoms with Gasteiger partial charge < -0.3 is 19.9 Å². The summed E-state index contributed by atoms with van der Waals surface area (Å²) in [5.74, 6) is -5.89. The number of pyridine rings is 1. The number of hydrogen-bond donors (Lipinski definition) is 2. The summed E-state index contributed by atoms with van der Waals surface area (Å²) in [5.41, 5.74) is -2.35. The van der Waals surface area contributed by atoms with E-state index >= 15 is 0 Å². The molecule has 0 atom stereocenters. The van der Waals surface area contributed by atoms with Crippen molar-refractivity contribution in [1.29, 1.82) is 0 Å². The number of carbonyl (C=O) groups is 2. The zero-order chi connectivity index (χ0) is 21.3. The van der Waals surface area contributed by atoms with Gasteiger partial charge in [-0.15, -0.1) is 0 Å². The first kappa shape index (κ1) is 20.4. The maximum atomic E-state index is 13.7. The molecule has 0 spiro atoms. The van der Waals surface area contributed by atoms with E-state index in [0.29, 0.717) is 38.1 Å². The van der Waals surface area contributed by atoms with Crippen molar-refractivity contribution >= 4 is 11.8 Å². The molecule has 1 aromatic carbocycles. The largest absolute Gasteiger partial charge is 0.503 e. The molecule has 2 amide bonds. The van der Waals surface area contributed by atoms with E-state index in [1.807, 2.05) is 0 Å². The standard InChI is InChI=1S/C19H18F3N3O4/c1-24-4-2-3-5-25-9-12(16(26)17(27)15(25)19(24)29)18(28)23-8-11-13(21)6-10(20)7-14(11)22/h6-7,9,27H,2-5,8H2,1H3,(H,23,28). The monoisotopic (exact) mass is 409 g/mol. The second kappa shape index (κ2) is 7.98. The normalized spacial score (nSPS) is 14.2. The lowest BCUT2D eigenvalue weighted by Crippen LogP contribution is -2.36. The number of benzene rings is 1. The maximum absolute atomic E-state index is 13.7. The average Bonchev–Trinajstić information content (AvgIpc) is 2.65. The lowest BCUT2D eigenvalue weighted by atomic mass is 10.1. The molecular formula is C19H18F3N3O4. The second-order valence-corrected chi connectivity index (χ2v) is 6.73. The predicted molar refractivity (Wildman–Crippen MR) is 96.0 cm³/mol. The number of halogens is 3. The molecule has 0 radical (unpaired) electrons. The summed E-state index contributed by atoms with van der Waals surface area (Å²) in [5, 5.41) is 12.4. The second-order valence-electron chi connectivity index (χ2n) is 6.73. The summed E-state index contributed by atoms with van der Waals surface area (Å²) >= 11 is 0. The summed E-state index contributed by atoms with van der Waals surface area (Å²) in [4.78, 5) is 38.7. The maximum Gasteiger partial charge on any atom is 0.274 e. The van der Waals surface area contributed by atoms with Crippen LogP contribution >= 0.6 is 0 Å². The molecule has 154 valence electrons. The first-order chi connectivity index (χ1) is 13.7. The molecule has 3 rings (SSSR count). The molecule has 0 bridgehead atoms. The third-order valence-electron chi connectivity index (χ3n) is 4.72. The topological polar surface area (TPSA) is 91.6 Å². The molecule has 10 heteroatoms. The highest BCUT2D eigenvalue weighted by atomic mass is 19.1. The number of amides is 2. The van der Waals surface area contributed by atoms with Crippen molar-refractivity contribution in [1.82, 2.24) is 14.8 Å². The molecule has 29 heavy (non-hydrogen) atoms. The van der Waals surface area contributed by atoms with Crippen molar-refractivity contribution < 1.29 is 27.9 Å². The SMILES string of the molecule is CN1CCCCn2cc(C(=O)NCc3c(F)cc(F)cc3F)c(=O)c(O)c2C1=O. The minimum absolute atomic E-state index is 0.218. The van der Waals surface area contributed by atoms with Gasteiger partial charge in [-0.3, -0.25) is 14.4 Å². The summed E-state index contributed by atoms with van der Waals surface area (Å²) in [6.45, 7) is 0.119. The van der Waals surface area contributed by atoms with E-state index in [2.05, 4.69) is 5.32 Å². The van der Waals surface area contributed by atoms with Gasteiger partial charge in [-0.25, -0.2) is 13.2 Å². The molecule has 1 aliphatic heterocycles. The van der Waals surface area contributed by atoms with E-state index in [4.69, 9.17) is 0 Å². The summed E-state index contributed by atoms with van der Waals surface area (Å²) < 4.78 is 41.7. The number of aromatic hydroxyl groups is 1. The molecule has 0 unspecified atom stereocenters. The molecule has 1 aromatic heterocycles. The summed E-state index contributed by atoms with van der Waals surface area (Å²) in [7, 11) is 1.54. The van der Waals surface area contributed by atoms with Gasteiger partial charge in [0, 0.05) is 50.6 Å². The molecule has 2 heterocycles. The van der Waals surface area contributed by atoms with Crippen LogP contribution in [-0.4, -0.2) is 40.0 Å². The number of aromatic nitrogens is 1. The molecule has 0 aliphatic carbocycles. The predicted octanol–water partition coefficient (Wildman–Crippen LogP) is 1.77. The Hall–Kier alpha value is -3.30. The number of nitrogens with one attached hydrogen (secondary N) is 1. The Labute approximate surface area is 163 Å². The number of rotatable bonds is 3. The van der Waals surface area contributed by atoms with Crippen LogP contribution in [-0.2, 0) is 13.1 Å². The van der Waals surface area contributed by atoms with Gasteiger partial charge in [-0.2, -0.15) is 0 Å². The van der Waals surface area contributed by atoms with Crippen LogP contribution in [0.1, 0.15) is 39.3 Å². The Kier molecular flexibility index (Phi) is 5.62. The van der Waals surface area contributed by atoms with Crippen LogP contribution < -0.4 is 10.7 Å². The third-order valence-corrected chi connectivity index (χ3v) is 4.72. The molecule has 0 fully saturated rings. The Morgan fingerprint density at radius 1 is 1.14 bits per heavy atom. The Morgan fingerprint density at radius 2 is 1.76 bits per heavy atom. The number of nitrogens with zero attached hydrogens (tertiary/aromatic N) is 2. The van der Waals surface area contributed by atoms with Crippen LogP contribution in [0, 0.1) is 17.5 Å². The van der Waals surface area contributed by atoms with Crippen LogP contribution in [0.4, 0.5) is 13.2 Å². The zero-order valence-corrected chi connectivity index (χ0v) is 15.5. The van der Waals surface area contributed by atoms with Crippen molar-refractivity contribution in [2.75, 3.05) is 13.6 Å². The van der Waals surface area contributed by atoms with Gasteiger partial charge in [0.25, 0.3) is 11.8 Å². The van der Waals surface area contributed by atoms with Gasteiger partial charge in [-0.1, -0.05) is 0 Å². The number of aryl methyl sites for hydroxylation is 1. The van der Waals surface area contributed by atoms with Crippen LogP contribution in [0.2, 0.25) is 0 Å². The fourth-order valence-corrected chi connectivity index (χ4v) is 3.13. The average molecular weight is 409 g/mol. The van der Waals surface area contributed by atoms with E-state index in [-0.39, 0.29) is 5.69 Å². The van der Waals surface area contributed by atoms with Crippen LogP contribution in [0.3, 0.4) is 0 Å².